The number of piperidine rings is 3. The minimum Gasteiger partial charge on any atom is -0.497 e. The quantitative estimate of drug-likeness (QED) is 0.805. The van der Waals surface area contributed by atoms with Crippen molar-refractivity contribution in [3.63, 3.8) is 0 Å². The number of rotatable bonds is 4. The number of carbonyl (C=O) groups is 2. The Hall–Kier alpha value is -2.04. The van der Waals surface area contributed by atoms with Gasteiger partial charge in [-0.25, -0.2) is 0 Å². The number of nitrogens with zero attached hydrogens (tertiary/aromatic N) is 2. The predicted octanol–water partition coefficient (Wildman–Crippen LogP) is 2.88. The van der Waals surface area contributed by atoms with E-state index in [0.717, 1.165) is 57.4 Å². The van der Waals surface area contributed by atoms with E-state index in [2.05, 4.69) is 21.9 Å². The van der Waals surface area contributed by atoms with Crippen molar-refractivity contribution in [3.05, 3.63) is 29.8 Å². The first kappa shape index (κ1) is 18.0. The van der Waals surface area contributed by atoms with Gasteiger partial charge in [0.25, 0.3) is 0 Å². The van der Waals surface area contributed by atoms with Crippen molar-refractivity contribution >= 4 is 11.8 Å². The molecule has 1 aromatic rings. The zero-order valence-corrected chi connectivity index (χ0v) is 16.7. The molecule has 2 amide bonds. The molecule has 3 heterocycles. The molecular formula is C23H30N2O3. The topological polar surface area (TPSA) is 49.9 Å². The molecule has 0 N–H and O–H groups in total. The molecule has 3 saturated heterocycles. The summed E-state index contributed by atoms with van der Waals surface area (Å²) in [4.78, 5) is 30.1. The van der Waals surface area contributed by atoms with Crippen molar-refractivity contribution in [1.29, 1.82) is 0 Å². The fourth-order valence-electron chi connectivity index (χ4n) is 5.85. The first-order valence-corrected chi connectivity index (χ1v) is 10.9. The molecule has 5 heteroatoms. The molecule has 1 saturated carbocycles. The highest BCUT2D eigenvalue weighted by molar-refractivity contribution is 5.81. The summed E-state index contributed by atoms with van der Waals surface area (Å²) < 4.78 is 5.40. The highest BCUT2D eigenvalue weighted by Gasteiger charge is 2.50. The lowest BCUT2D eigenvalue weighted by molar-refractivity contribution is -0.156. The molecule has 1 aliphatic carbocycles. The second-order valence-electron chi connectivity index (χ2n) is 9.16. The molecule has 5 rings (SSSR count). The lowest BCUT2D eigenvalue weighted by atomic mass is 9.70. The number of ether oxygens (including phenoxy) is 1. The second-order valence-corrected chi connectivity index (χ2v) is 9.16. The third-order valence-electron chi connectivity index (χ3n) is 7.31. The Kier molecular flexibility index (Phi) is 4.56. The van der Waals surface area contributed by atoms with Gasteiger partial charge in [0.1, 0.15) is 5.75 Å². The van der Waals surface area contributed by atoms with Gasteiger partial charge in [0.05, 0.1) is 7.11 Å². The van der Waals surface area contributed by atoms with Gasteiger partial charge in [-0.05, 0) is 68.1 Å². The summed E-state index contributed by atoms with van der Waals surface area (Å²) in [5.74, 6) is 2.66. The third-order valence-corrected chi connectivity index (χ3v) is 7.31. The van der Waals surface area contributed by atoms with Crippen LogP contribution in [0.25, 0.3) is 0 Å². The van der Waals surface area contributed by atoms with E-state index in [1.807, 2.05) is 12.1 Å². The van der Waals surface area contributed by atoms with Crippen LogP contribution in [0, 0.1) is 17.8 Å². The van der Waals surface area contributed by atoms with Crippen LogP contribution in [0.5, 0.6) is 5.75 Å². The molecule has 0 unspecified atom stereocenters. The van der Waals surface area contributed by atoms with E-state index in [1.165, 1.54) is 5.56 Å². The van der Waals surface area contributed by atoms with E-state index in [9.17, 15) is 9.59 Å². The third kappa shape index (κ3) is 3.19. The smallest absolute Gasteiger partial charge is 0.225 e. The average Bonchev–Trinajstić information content (AvgIpc) is 3.56. The highest BCUT2D eigenvalue weighted by atomic mass is 16.5. The van der Waals surface area contributed by atoms with Gasteiger partial charge in [0, 0.05) is 37.5 Å². The van der Waals surface area contributed by atoms with Crippen LogP contribution in [0.2, 0.25) is 0 Å². The highest BCUT2D eigenvalue weighted by Crippen LogP contribution is 2.44. The molecule has 150 valence electrons. The van der Waals surface area contributed by atoms with Gasteiger partial charge in [0.2, 0.25) is 11.8 Å². The van der Waals surface area contributed by atoms with Crippen molar-refractivity contribution in [3.8, 4) is 5.75 Å². The minimum absolute atomic E-state index is 0.191. The van der Waals surface area contributed by atoms with Crippen LogP contribution in [-0.2, 0) is 16.0 Å². The monoisotopic (exact) mass is 382 g/mol. The molecule has 0 spiro atoms. The van der Waals surface area contributed by atoms with Gasteiger partial charge in [-0.3, -0.25) is 9.59 Å². The summed E-state index contributed by atoms with van der Waals surface area (Å²) in [7, 11) is 1.69. The molecule has 1 aromatic carbocycles. The Bertz CT molecular complexity index is 775. The molecule has 4 atom stereocenters. The van der Waals surface area contributed by atoms with Crippen LogP contribution in [0.15, 0.2) is 24.3 Å². The predicted molar refractivity (Wildman–Crippen MR) is 106 cm³/mol. The van der Waals surface area contributed by atoms with Crippen LogP contribution in [0.4, 0.5) is 0 Å². The summed E-state index contributed by atoms with van der Waals surface area (Å²) in [5.41, 5.74) is 1.21. The van der Waals surface area contributed by atoms with Crippen LogP contribution in [0.1, 0.15) is 44.1 Å². The number of carbonyl (C=O) groups excluding carboxylic acids is 2. The summed E-state index contributed by atoms with van der Waals surface area (Å²) in [5, 5.41) is 0. The van der Waals surface area contributed by atoms with E-state index in [-0.39, 0.29) is 12.0 Å². The van der Waals surface area contributed by atoms with Crippen LogP contribution in [0.3, 0.4) is 0 Å². The molecule has 3 aliphatic heterocycles. The maximum Gasteiger partial charge on any atom is 0.225 e. The van der Waals surface area contributed by atoms with Crippen molar-refractivity contribution in [2.45, 2.75) is 57.0 Å². The first-order valence-electron chi connectivity index (χ1n) is 10.9. The average molecular weight is 383 g/mol. The van der Waals surface area contributed by atoms with Crippen molar-refractivity contribution < 1.29 is 14.3 Å². The number of methoxy groups -OCH3 is 1. The maximum absolute atomic E-state index is 12.9. The Labute approximate surface area is 167 Å². The van der Waals surface area contributed by atoms with Gasteiger partial charge in [-0.2, -0.15) is 0 Å². The Morgan fingerprint density at radius 3 is 2.79 bits per heavy atom. The first-order chi connectivity index (χ1) is 13.6. The van der Waals surface area contributed by atoms with Gasteiger partial charge < -0.3 is 14.5 Å². The Morgan fingerprint density at radius 1 is 1.18 bits per heavy atom. The zero-order valence-electron chi connectivity index (χ0n) is 16.7. The van der Waals surface area contributed by atoms with Gasteiger partial charge in [-0.1, -0.05) is 12.1 Å². The molecule has 4 aliphatic rings. The van der Waals surface area contributed by atoms with Gasteiger partial charge in [0.15, 0.2) is 0 Å². The van der Waals surface area contributed by atoms with Crippen LogP contribution < -0.4 is 4.74 Å². The maximum atomic E-state index is 12.9. The fourth-order valence-corrected chi connectivity index (χ4v) is 5.85. The molecule has 2 bridgehead atoms. The number of likely N-dealkylation sites (tertiary alicyclic amines) is 1. The normalized spacial score (nSPS) is 32.1. The fraction of sp³-hybridized carbons (Fsp3) is 0.652. The largest absolute Gasteiger partial charge is 0.497 e. The number of benzene rings is 1. The molecule has 0 aromatic heterocycles. The van der Waals surface area contributed by atoms with Gasteiger partial charge >= 0.3 is 0 Å². The van der Waals surface area contributed by atoms with E-state index in [1.54, 1.807) is 7.11 Å². The summed E-state index contributed by atoms with van der Waals surface area (Å²) in [6.07, 6.45) is 6.87. The van der Waals surface area contributed by atoms with E-state index in [0.29, 0.717) is 36.1 Å². The minimum atomic E-state index is 0.191. The van der Waals surface area contributed by atoms with Crippen molar-refractivity contribution in [2.75, 3.05) is 20.2 Å². The van der Waals surface area contributed by atoms with Crippen molar-refractivity contribution in [2.24, 2.45) is 17.8 Å². The molecule has 5 nitrogen and oxygen atoms in total. The number of hydrogen-bond acceptors (Lipinski definition) is 3. The summed E-state index contributed by atoms with van der Waals surface area (Å²) in [6.45, 7) is 1.67. The van der Waals surface area contributed by atoms with Crippen LogP contribution in [-0.4, -0.2) is 53.9 Å². The number of hydrogen-bond donors (Lipinski definition) is 0. The number of amides is 2. The van der Waals surface area contributed by atoms with Gasteiger partial charge in [-0.15, -0.1) is 0 Å². The van der Waals surface area contributed by atoms with E-state index in [4.69, 9.17) is 4.74 Å². The molecule has 0 radical (unpaired) electrons. The summed E-state index contributed by atoms with van der Waals surface area (Å²) >= 11 is 0. The molecule has 28 heavy (non-hydrogen) atoms. The molecule has 4 fully saturated rings. The van der Waals surface area contributed by atoms with Crippen molar-refractivity contribution in [1.82, 2.24) is 9.80 Å². The Morgan fingerprint density at radius 2 is 2.00 bits per heavy atom. The molecular weight excluding hydrogens is 352 g/mol. The lowest BCUT2D eigenvalue weighted by Gasteiger charge is -2.56. The summed E-state index contributed by atoms with van der Waals surface area (Å²) in [6, 6.07) is 8.71. The lowest BCUT2D eigenvalue weighted by Crippen LogP contribution is -2.66. The Balaban J connectivity index is 1.43. The standard InChI is InChI=1S/C23H30N2O3/c1-28-19-5-2-4-15(10-19)11-21-18-12-17(20-6-3-7-22(26)25(20)21)13-24(14-18)23(27)16-8-9-16/h2,4-5,10,16-18,20-21H,3,6-9,11-14H2,1H3/t17-,18+,20+,21+/m1/s1. The van der Waals surface area contributed by atoms with E-state index < -0.39 is 0 Å². The number of fused-ring (bicyclic) bond motifs is 4. The second kappa shape index (κ2) is 7.09. The van der Waals surface area contributed by atoms with Crippen LogP contribution >= 0.6 is 0 Å². The zero-order chi connectivity index (χ0) is 19.3. The SMILES string of the molecule is COc1cccc(C[C@H]2[C@H]3C[C@H](CN(C(=O)C4CC4)C3)[C@@H]3CCCC(=O)N32)c1. The van der Waals surface area contributed by atoms with E-state index >= 15 is 0 Å².